The molecule has 60 valence electrons. The van der Waals surface area contributed by atoms with Crippen LogP contribution >= 0.6 is 12.6 Å². The summed E-state index contributed by atoms with van der Waals surface area (Å²) in [6, 6.07) is 0. The lowest BCUT2D eigenvalue weighted by Crippen LogP contribution is -2.30. The van der Waals surface area contributed by atoms with Gasteiger partial charge in [0.15, 0.2) is 0 Å². The van der Waals surface area contributed by atoms with E-state index in [2.05, 4.69) is 26.5 Å². The van der Waals surface area contributed by atoms with Crippen molar-refractivity contribution in [2.24, 2.45) is 11.3 Å². The van der Waals surface area contributed by atoms with Crippen molar-refractivity contribution in [2.45, 2.75) is 39.5 Å². The summed E-state index contributed by atoms with van der Waals surface area (Å²) in [4.78, 5) is 0. The highest BCUT2D eigenvalue weighted by Gasteiger charge is 2.31. The first-order chi connectivity index (χ1) is 4.69. The molecule has 0 bridgehead atoms. The molecule has 0 aromatic rings. The zero-order valence-corrected chi connectivity index (χ0v) is 7.95. The maximum Gasteiger partial charge on any atom is -0.00413 e. The van der Waals surface area contributed by atoms with Crippen LogP contribution in [0.2, 0.25) is 0 Å². The highest BCUT2D eigenvalue weighted by Crippen LogP contribution is 2.41. The molecule has 1 aliphatic carbocycles. The van der Waals surface area contributed by atoms with Crippen molar-refractivity contribution in [1.29, 1.82) is 0 Å². The van der Waals surface area contributed by atoms with Gasteiger partial charge >= 0.3 is 0 Å². The first-order valence-corrected chi connectivity index (χ1v) is 4.93. The van der Waals surface area contributed by atoms with Crippen LogP contribution in [0.25, 0.3) is 0 Å². The minimum absolute atomic E-state index is 0.543. The zero-order chi connectivity index (χ0) is 7.61. The lowest BCUT2D eigenvalue weighted by molar-refractivity contribution is 0.160. The lowest BCUT2D eigenvalue weighted by atomic mass is 9.70. The maximum absolute atomic E-state index is 4.41. The standard InChI is InChI=1S/C9H18S/c1-8-5-3-4-6-9(8,2)7-10/h8,10H,3-7H2,1-2H3/t8-,9?/m0/s1. The Bertz CT molecular complexity index is 111. The second kappa shape index (κ2) is 3.17. The first-order valence-electron chi connectivity index (χ1n) is 4.30. The van der Waals surface area contributed by atoms with E-state index >= 15 is 0 Å². The van der Waals surface area contributed by atoms with Crippen molar-refractivity contribution in [3.8, 4) is 0 Å². The van der Waals surface area contributed by atoms with Crippen molar-refractivity contribution >= 4 is 12.6 Å². The van der Waals surface area contributed by atoms with Gasteiger partial charge in [-0.15, -0.1) is 0 Å². The number of thiol groups is 1. The highest BCUT2D eigenvalue weighted by molar-refractivity contribution is 7.80. The topological polar surface area (TPSA) is 0 Å². The molecule has 0 nitrogen and oxygen atoms in total. The van der Waals surface area contributed by atoms with Gasteiger partial charge in [-0.2, -0.15) is 12.6 Å². The summed E-state index contributed by atoms with van der Waals surface area (Å²) in [6.07, 6.45) is 5.65. The van der Waals surface area contributed by atoms with E-state index in [0.29, 0.717) is 5.41 Å². The van der Waals surface area contributed by atoms with E-state index in [0.717, 1.165) is 11.7 Å². The summed E-state index contributed by atoms with van der Waals surface area (Å²) in [7, 11) is 0. The minimum Gasteiger partial charge on any atom is -0.179 e. The number of hydrogen-bond donors (Lipinski definition) is 1. The summed E-state index contributed by atoms with van der Waals surface area (Å²) >= 11 is 4.41. The molecule has 1 saturated carbocycles. The number of rotatable bonds is 1. The molecule has 1 rings (SSSR count). The molecular formula is C9H18S. The predicted molar refractivity (Wildman–Crippen MR) is 49.6 cm³/mol. The third kappa shape index (κ3) is 1.50. The molecule has 0 spiro atoms. The molecule has 0 aliphatic heterocycles. The van der Waals surface area contributed by atoms with Gasteiger partial charge in [0.25, 0.3) is 0 Å². The van der Waals surface area contributed by atoms with Crippen LogP contribution in [-0.4, -0.2) is 5.75 Å². The Morgan fingerprint density at radius 2 is 2.20 bits per heavy atom. The molecular weight excluding hydrogens is 140 g/mol. The van der Waals surface area contributed by atoms with Gasteiger partial charge in [0, 0.05) is 0 Å². The van der Waals surface area contributed by atoms with Crippen molar-refractivity contribution in [1.82, 2.24) is 0 Å². The summed E-state index contributed by atoms with van der Waals surface area (Å²) in [5.41, 5.74) is 0.543. The second-order valence-corrected chi connectivity index (χ2v) is 4.28. The van der Waals surface area contributed by atoms with E-state index in [4.69, 9.17) is 0 Å². The van der Waals surface area contributed by atoms with Crippen LogP contribution in [0.3, 0.4) is 0 Å². The summed E-state index contributed by atoms with van der Waals surface area (Å²) < 4.78 is 0. The van der Waals surface area contributed by atoms with E-state index in [9.17, 15) is 0 Å². The molecule has 0 N–H and O–H groups in total. The van der Waals surface area contributed by atoms with E-state index in [1.54, 1.807) is 0 Å². The Morgan fingerprint density at radius 1 is 1.50 bits per heavy atom. The van der Waals surface area contributed by atoms with Gasteiger partial charge < -0.3 is 0 Å². The van der Waals surface area contributed by atoms with Crippen molar-refractivity contribution in [2.75, 3.05) is 5.75 Å². The Balaban J connectivity index is 2.54. The summed E-state index contributed by atoms with van der Waals surface area (Å²) in [6.45, 7) is 4.75. The van der Waals surface area contributed by atoms with Crippen LogP contribution in [0, 0.1) is 11.3 Å². The van der Waals surface area contributed by atoms with Gasteiger partial charge in [0.2, 0.25) is 0 Å². The molecule has 1 heteroatoms. The average Bonchev–Trinajstić information content (AvgIpc) is 1.96. The van der Waals surface area contributed by atoms with Crippen molar-refractivity contribution in [3.05, 3.63) is 0 Å². The molecule has 0 amide bonds. The largest absolute Gasteiger partial charge is 0.179 e. The molecule has 0 aromatic heterocycles. The molecule has 1 aliphatic rings. The van der Waals surface area contributed by atoms with Crippen LogP contribution in [0.15, 0.2) is 0 Å². The van der Waals surface area contributed by atoms with Crippen LogP contribution in [-0.2, 0) is 0 Å². The van der Waals surface area contributed by atoms with Crippen LogP contribution < -0.4 is 0 Å². The monoisotopic (exact) mass is 158 g/mol. The Morgan fingerprint density at radius 3 is 2.60 bits per heavy atom. The molecule has 0 aromatic carbocycles. The van der Waals surface area contributed by atoms with Gasteiger partial charge in [-0.3, -0.25) is 0 Å². The first kappa shape index (κ1) is 8.45. The SMILES string of the molecule is C[C@H]1CCCCC1(C)CS. The normalized spacial score (nSPS) is 41.7. The van der Waals surface area contributed by atoms with Crippen molar-refractivity contribution < 1.29 is 0 Å². The summed E-state index contributed by atoms with van der Waals surface area (Å²) in [5, 5.41) is 0. The maximum atomic E-state index is 4.41. The average molecular weight is 158 g/mol. The van der Waals surface area contributed by atoms with Crippen LogP contribution in [0.5, 0.6) is 0 Å². The molecule has 0 saturated heterocycles. The third-order valence-electron chi connectivity index (χ3n) is 3.19. The third-order valence-corrected chi connectivity index (χ3v) is 3.91. The molecule has 0 radical (unpaired) electrons. The van der Waals surface area contributed by atoms with Crippen LogP contribution in [0.1, 0.15) is 39.5 Å². The van der Waals surface area contributed by atoms with Gasteiger partial charge in [0.05, 0.1) is 0 Å². The Labute approximate surface area is 69.8 Å². The quantitative estimate of drug-likeness (QED) is 0.557. The fraction of sp³-hybridized carbons (Fsp3) is 1.00. The van der Waals surface area contributed by atoms with Gasteiger partial charge in [-0.1, -0.05) is 33.1 Å². The zero-order valence-electron chi connectivity index (χ0n) is 7.06. The molecule has 0 heterocycles. The van der Waals surface area contributed by atoms with Gasteiger partial charge in [-0.05, 0) is 23.5 Å². The Hall–Kier alpha value is 0.350. The molecule has 1 unspecified atom stereocenters. The Kier molecular flexibility index (Phi) is 2.67. The predicted octanol–water partition coefficient (Wildman–Crippen LogP) is 3.13. The lowest BCUT2D eigenvalue weighted by Gasteiger charge is -2.38. The highest BCUT2D eigenvalue weighted by atomic mass is 32.1. The van der Waals surface area contributed by atoms with Crippen LogP contribution in [0.4, 0.5) is 0 Å². The molecule has 2 atom stereocenters. The molecule has 10 heavy (non-hydrogen) atoms. The van der Waals surface area contributed by atoms with E-state index in [-0.39, 0.29) is 0 Å². The van der Waals surface area contributed by atoms with E-state index < -0.39 is 0 Å². The smallest absolute Gasteiger partial charge is 0.00413 e. The second-order valence-electron chi connectivity index (χ2n) is 3.96. The fourth-order valence-corrected chi connectivity index (χ4v) is 2.28. The van der Waals surface area contributed by atoms with Gasteiger partial charge in [0.1, 0.15) is 0 Å². The van der Waals surface area contributed by atoms with E-state index in [1.807, 2.05) is 0 Å². The van der Waals surface area contributed by atoms with E-state index in [1.165, 1.54) is 25.7 Å². The molecule has 1 fully saturated rings. The van der Waals surface area contributed by atoms with Crippen molar-refractivity contribution in [3.63, 3.8) is 0 Å². The summed E-state index contributed by atoms with van der Waals surface area (Å²) in [5.74, 6) is 1.95. The fourth-order valence-electron chi connectivity index (χ4n) is 1.81. The minimum atomic E-state index is 0.543. The number of hydrogen-bond acceptors (Lipinski definition) is 1. The van der Waals surface area contributed by atoms with Gasteiger partial charge in [-0.25, -0.2) is 0 Å².